The highest BCUT2D eigenvalue weighted by Crippen LogP contribution is 2.27. The third kappa shape index (κ3) is 10.6. The van der Waals surface area contributed by atoms with E-state index in [1.807, 2.05) is 11.6 Å². The summed E-state index contributed by atoms with van der Waals surface area (Å²) in [5.41, 5.74) is 0.838. The Balaban J connectivity index is 1.42. The number of amides is 2. The zero-order chi connectivity index (χ0) is 28.8. The molecule has 0 spiro atoms. The van der Waals surface area contributed by atoms with Gasteiger partial charge in [0.25, 0.3) is 15.9 Å². The second-order valence-electron chi connectivity index (χ2n) is 10.0. The Kier molecular flexibility index (Phi) is 12.4. The van der Waals surface area contributed by atoms with Crippen molar-refractivity contribution in [2.45, 2.75) is 82.4 Å². The van der Waals surface area contributed by atoms with Crippen LogP contribution in [-0.2, 0) is 26.0 Å². The van der Waals surface area contributed by atoms with Gasteiger partial charge in [-0.25, -0.2) is 22.9 Å². The number of hydrogen-bond donors (Lipinski definition) is 2. The fourth-order valence-electron chi connectivity index (χ4n) is 4.52. The van der Waals surface area contributed by atoms with Crippen molar-refractivity contribution in [2.75, 3.05) is 13.2 Å². The second kappa shape index (κ2) is 16.0. The summed E-state index contributed by atoms with van der Waals surface area (Å²) in [6.45, 7) is 2.74. The van der Waals surface area contributed by atoms with Crippen LogP contribution in [0.15, 0.2) is 47.5 Å². The van der Waals surface area contributed by atoms with E-state index in [9.17, 15) is 22.8 Å². The van der Waals surface area contributed by atoms with Gasteiger partial charge < -0.3 is 14.8 Å². The van der Waals surface area contributed by atoms with Gasteiger partial charge in [0, 0.05) is 25.2 Å². The Bertz CT molecular complexity index is 1210. The van der Waals surface area contributed by atoms with Crippen LogP contribution in [0.4, 0.5) is 4.79 Å². The summed E-state index contributed by atoms with van der Waals surface area (Å²) < 4.78 is 37.3. The SMILES string of the molecule is CCCCCOC(=O)Oc1ccc(C(=O)NS(=O)(=O)c2ccc(CCNC(=O)CCC3CCCCC3)cc2)cn1. The van der Waals surface area contributed by atoms with Crippen LogP contribution in [0.1, 0.15) is 87.1 Å². The number of nitrogens with one attached hydrogen (secondary N) is 2. The molecule has 1 aliphatic carbocycles. The van der Waals surface area contributed by atoms with E-state index in [1.54, 1.807) is 12.1 Å². The van der Waals surface area contributed by atoms with Crippen molar-refractivity contribution in [3.63, 3.8) is 0 Å². The minimum Gasteiger partial charge on any atom is -0.434 e. The van der Waals surface area contributed by atoms with Gasteiger partial charge >= 0.3 is 6.16 Å². The molecule has 1 aromatic carbocycles. The van der Waals surface area contributed by atoms with Crippen molar-refractivity contribution in [3.05, 3.63) is 53.7 Å². The molecule has 2 aromatic rings. The van der Waals surface area contributed by atoms with Gasteiger partial charge in [-0.3, -0.25) is 9.59 Å². The van der Waals surface area contributed by atoms with Crippen LogP contribution in [0.5, 0.6) is 5.88 Å². The first-order valence-corrected chi connectivity index (χ1v) is 15.5. The number of carbonyl (C=O) groups is 3. The first-order chi connectivity index (χ1) is 19.3. The fraction of sp³-hybridized carbons (Fsp3) is 0.517. The van der Waals surface area contributed by atoms with Gasteiger partial charge in [0.15, 0.2) is 0 Å². The number of rotatable bonds is 14. The average Bonchev–Trinajstić information content (AvgIpc) is 2.95. The first-order valence-electron chi connectivity index (χ1n) is 14.0. The molecule has 0 unspecified atom stereocenters. The number of pyridine rings is 1. The molecule has 10 nitrogen and oxygen atoms in total. The molecule has 0 aliphatic heterocycles. The van der Waals surface area contributed by atoms with E-state index >= 15 is 0 Å². The van der Waals surface area contributed by atoms with Crippen molar-refractivity contribution in [2.24, 2.45) is 5.92 Å². The van der Waals surface area contributed by atoms with Crippen molar-refractivity contribution in [3.8, 4) is 5.88 Å². The summed E-state index contributed by atoms with van der Waals surface area (Å²) >= 11 is 0. The summed E-state index contributed by atoms with van der Waals surface area (Å²) in [7, 11) is -4.12. The molecule has 1 heterocycles. The third-order valence-electron chi connectivity index (χ3n) is 6.86. The number of sulfonamides is 1. The molecule has 0 radical (unpaired) electrons. The van der Waals surface area contributed by atoms with E-state index in [4.69, 9.17) is 9.47 Å². The van der Waals surface area contributed by atoms with Gasteiger partial charge in [0.1, 0.15) is 0 Å². The lowest BCUT2D eigenvalue weighted by Gasteiger charge is -2.20. The molecule has 3 rings (SSSR count). The van der Waals surface area contributed by atoms with E-state index in [0.717, 1.165) is 37.4 Å². The molecule has 0 atom stereocenters. The van der Waals surface area contributed by atoms with Crippen LogP contribution in [0.25, 0.3) is 0 Å². The summed E-state index contributed by atoms with van der Waals surface area (Å²) in [6, 6.07) is 8.71. The Hall–Kier alpha value is -3.47. The predicted molar refractivity (Wildman–Crippen MR) is 149 cm³/mol. The summed E-state index contributed by atoms with van der Waals surface area (Å²) in [5, 5.41) is 2.93. The Labute approximate surface area is 236 Å². The van der Waals surface area contributed by atoms with Gasteiger partial charge in [0.2, 0.25) is 11.8 Å². The summed E-state index contributed by atoms with van der Waals surface area (Å²) in [6.07, 6.45) is 11.2. The van der Waals surface area contributed by atoms with Crippen molar-refractivity contribution >= 4 is 28.0 Å². The van der Waals surface area contributed by atoms with Crippen molar-refractivity contribution in [1.29, 1.82) is 0 Å². The van der Waals surface area contributed by atoms with Crippen molar-refractivity contribution in [1.82, 2.24) is 15.0 Å². The highest BCUT2D eigenvalue weighted by molar-refractivity contribution is 7.90. The molecule has 40 heavy (non-hydrogen) atoms. The molecular weight excluding hydrogens is 534 g/mol. The minimum absolute atomic E-state index is 0.0249. The predicted octanol–water partition coefficient (Wildman–Crippen LogP) is 4.93. The molecule has 1 aliphatic rings. The lowest BCUT2D eigenvalue weighted by molar-refractivity contribution is -0.121. The van der Waals surface area contributed by atoms with Gasteiger partial charge in [-0.1, -0.05) is 64.0 Å². The molecule has 0 bridgehead atoms. The first kappa shape index (κ1) is 31.1. The summed E-state index contributed by atoms with van der Waals surface area (Å²) in [5.74, 6) is -0.240. The van der Waals surface area contributed by atoms with Crippen LogP contribution >= 0.6 is 0 Å². The van der Waals surface area contributed by atoms with Gasteiger partial charge in [-0.15, -0.1) is 0 Å². The standard InChI is InChI=1S/C29H39N3O7S/c1-2-3-7-20-38-29(35)39-27-17-13-24(21-31-27)28(34)32-40(36,37)25-14-10-23(11-15-25)18-19-30-26(33)16-12-22-8-5-4-6-9-22/h10-11,13-15,17,21-22H,2-9,12,16,18-20H2,1H3,(H,30,33)(H,32,34). The number of nitrogens with zero attached hydrogens (tertiary/aromatic N) is 1. The maximum Gasteiger partial charge on any atom is 0.515 e. The van der Waals surface area contributed by atoms with E-state index in [0.29, 0.717) is 25.3 Å². The second-order valence-corrected chi connectivity index (χ2v) is 11.7. The zero-order valence-electron chi connectivity index (χ0n) is 23.0. The molecule has 218 valence electrons. The monoisotopic (exact) mass is 573 g/mol. The molecule has 2 N–H and O–H groups in total. The number of carbonyl (C=O) groups excluding carboxylic acids is 3. The molecule has 11 heteroatoms. The van der Waals surface area contributed by atoms with E-state index in [1.165, 1.54) is 56.4 Å². The highest BCUT2D eigenvalue weighted by Gasteiger charge is 2.20. The number of ether oxygens (including phenoxy) is 2. The molecule has 1 aromatic heterocycles. The average molecular weight is 574 g/mol. The van der Waals surface area contributed by atoms with E-state index in [2.05, 4.69) is 10.3 Å². The maximum atomic E-state index is 12.7. The van der Waals surface area contributed by atoms with Gasteiger partial charge in [-0.05, 0) is 48.9 Å². The van der Waals surface area contributed by atoms with Crippen LogP contribution < -0.4 is 14.8 Å². The van der Waals surface area contributed by atoms with Crippen LogP contribution in [0.3, 0.4) is 0 Å². The highest BCUT2D eigenvalue weighted by atomic mass is 32.2. The molecule has 1 fully saturated rings. The van der Waals surface area contributed by atoms with Crippen LogP contribution in [0.2, 0.25) is 0 Å². The molecule has 1 saturated carbocycles. The van der Waals surface area contributed by atoms with E-state index < -0.39 is 22.1 Å². The lowest BCUT2D eigenvalue weighted by atomic mass is 9.86. The Morgan fingerprint density at radius 2 is 1.75 bits per heavy atom. The number of hydrogen-bond acceptors (Lipinski definition) is 8. The van der Waals surface area contributed by atoms with Crippen molar-refractivity contribution < 1.29 is 32.3 Å². The number of unbranched alkanes of at least 4 members (excludes halogenated alkanes) is 2. The van der Waals surface area contributed by atoms with Crippen LogP contribution in [0, 0.1) is 5.92 Å². The fourth-order valence-corrected chi connectivity index (χ4v) is 5.49. The summed E-state index contributed by atoms with van der Waals surface area (Å²) in [4.78, 5) is 40.1. The quantitative estimate of drug-likeness (QED) is 0.240. The number of benzene rings is 1. The van der Waals surface area contributed by atoms with Gasteiger partial charge in [-0.2, -0.15) is 0 Å². The zero-order valence-corrected chi connectivity index (χ0v) is 23.8. The number of aromatic nitrogens is 1. The molecule has 2 amide bonds. The largest absolute Gasteiger partial charge is 0.515 e. The minimum atomic E-state index is -4.12. The Morgan fingerprint density at radius 1 is 1.00 bits per heavy atom. The molecular formula is C29H39N3O7S. The molecule has 0 saturated heterocycles. The lowest BCUT2D eigenvalue weighted by Crippen LogP contribution is -2.30. The van der Waals surface area contributed by atoms with Crippen LogP contribution in [-0.4, -0.2) is 44.5 Å². The Morgan fingerprint density at radius 3 is 2.42 bits per heavy atom. The van der Waals surface area contributed by atoms with Gasteiger partial charge in [0.05, 0.1) is 17.1 Å². The third-order valence-corrected chi connectivity index (χ3v) is 8.20. The smallest absolute Gasteiger partial charge is 0.434 e. The topological polar surface area (TPSA) is 141 Å². The normalized spacial score (nSPS) is 13.8. The van der Waals surface area contributed by atoms with E-state index in [-0.39, 0.29) is 28.9 Å². The maximum absolute atomic E-state index is 12.7.